The van der Waals surface area contributed by atoms with Crippen molar-refractivity contribution in [1.82, 2.24) is 4.90 Å². The molecule has 2 heterocycles. The number of nitrogens with zero attached hydrogens (tertiary/aromatic N) is 2. The van der Waals surface area contributed by atoms with Crippen LogP contribution in [0.1, 0.15) is 23.7 Å². The first-order valence-electron chi connectivity index (χ1n) is 11.6. The lowest BCUT2D eigenvalue weighted by Crippen LogP contribution is -2.46. The highest BCUT2D eigenvalue weighted by Gasteiger charge is 2.23. The van der Waals surface area contributed by atoms with Gasteiger partial charge in [-0.25, -0.2) is 4.39 Å². The van der Waals surface area contributed by atoms with Gasteiger partial charge >= 0.3 is 0 Å². The van der Waals surface area contributed by atoms with Crippen molar-refractivity contribution in [2.24, 2.45) is 0 Å². The van der Waals surface area contributed by atoms with E-state index in [1.54, 1.807) is 0 Å². The average molecular weight is 483 g/mol. The summed E-state index contributed by atoms with van der Waals surface area (Å²) in [6.07, 6.45) is 0.629. The van der Waals surface area contributed by atoms with Crippen LogP contribution in [0.3, 0.4) is 0 Å². The molecule has 0 N–H and O–H groups in total. The molecule has 34 heavy (non-hydrogen) atoms. The second-order valence-corrected chi connectivity index (χ2v) is 9.15. The van der Waals surface area contributed by atoms with E-state index < -0.39 is 0 Å². The van der Waals surface area contributed by atoms with Crippen LogP contribution in [0, 0.1) is 12.7 Å². The Hall–Kier alpha value is -2.96. The van der Waals surface area contributed by atoms with E-state index in [2.05, 4.69) is 9.80 Å². The molecule has 7 heteroatoms. The van der Waals surface area contributed by atoms with Crippen LogP contribution in [0.15, 0.2) is 60.7 Å². The maximum atomic E-state index is 13.2. The summed E-state index contributed by atoms with van der Waals surface area (Å²) in [4.78, 5) is 4.75. The van der Waals surface area contributed by atoms with E-state index >= 15 is 0 Å². The Kier molecular flexibility index (Phi) is 6.79. The minimum atomic E-state index is -0.203. The number of ether oxygens (including phenoxy) is 3. The summed E-state index contributed by atoms with van der Waals surface area (Å²) >= 11 is 6.45. The molecule has 1 saturated heterocycles. The Morgan fingerprint density at radius 1 is 0.941 bits per heavy atom. The minimum Gasteiger partial charge on any atom is -0.484 e. The standard InChI is InChI=1S/C27H28ClFN2O3/c1-19-2-8-23(28)26(16-19)34-24(20-3-9-25-27(17-20)33-18-32-25)10-11-30-12-14-31(15-13-30)22-6-4-21(29)5-7-22/h2-9,16-17,24H,10-15,18H2,1H3. The third-order valence-corrected chi connectivity index (χ3v) is 6.71. The number of benzene rings is 3. The van der Waals surface area contributed by atoms with Crippen molar-refractivity contribution in [3.8, 4) is 17.2 Å². The average Bonchev–Trinajstić information content (AvgIpc) is 3.33. The van der Waals surface area contributed by atoms with E-state index in [1.165, 1.54) is 12.1 Å². The monoisotopic (exact) mass is 482 g/mol. The Labute approximate surface area is 204 Å². The number of aryl methyl sites for hydroxylation is 1. The highest BCUT2D eigenvalue weighted by molar-refractivity contribution is 6.32. The molecule has 5 nitrogen and oxygen atoms in total. The van der Waals surface area contributed by atoms with Gasteiger partial charge in [0.25, 0.3) is 0 Å². The van der Waals surface area contributed by atoms with Crippen LogP contribution in [-0.4, -0.2) is 44.4 Å². The Morgan fingerprint density at radius 2 is 1.71 bits per heavy atom. The third kappa shape index (κ3) is 5.24. The molecule has 1 atom stereocenters. The van der Waals surface area contributed by atoms with Crippen LogP contribution in [-0.2, 0) is 0 Å². The fourth-order valence-electron chi connectivity index (χ4n) is 4.44. The first-order valence-corrected chi connectivity index (χ1v) is 12.0. The summed E-state index contributed by atoms with van der Waals surface area (Å²) in [6.45, 7) is 6.86. The predicted molar refractivity (Wildman–Crippen MR) is 132 cm³/mol. The zero-order chi connectivity index (χ0) is 23.5. The lowest BCUT2D eigenvalue weighted by Gasteiger charge is -2.36. The van der Waals surface area contributed by atoms with Gasteiger partial charge in [0.1, 0.15) is 17.7 Å². The summed E-state index contributed by atoms with van der Waals surface area (Å²) in [7, 11) is 0. The van der Waals surface area contributed by atoms with Crippen molar-refractivity contribution in [2.45, 2.75) is 19.4 Å². The number of anilines is 1. The van der Waals surface area contributed by atoms with Crippen LogP contribution in [0.2, 0.25) is 5.02 Å². The van der Waals surface area contributed by atoms with Gasteiger partial charge in [-0.3, -0.25) is 4.90 Å². The molecule has 3 aromatic carbocycles. The molecule has 178 valence electrons. The van der Waals surface area contributed by atoms with Gasteiger partial charge < -0.3 is 19.1 Å². The molecule has 1 unspecified atom stereocenters. The zero-order valence-electron chi connectivity index (χ0n) is 19.2. The van der Waals surface area contributed by atoms with Gasteiger partial charge in [-0.05, 0) is 66.6 Å². The molecule has 0 aromatic heterocycles. The van der Waals surface area contributed by atoms with Gasteiger partial charge in [-0.2, -0.15) is 0 Å². The van der Waals surface area contributed by atoms with E-state index in [1.807, 2.05) is 55.5 Å². The van der Waals surface area contributed by atoms with E-state index in [0.29, 0.717) is 10.8 Å². The summed E-state index contributed by atoms with van der Waals surface area (Å²) in [6, 6.07) is 18.5. The quantitative estimate of drug-likeness (QED) is 0.422. The van der Waals surface area contributed by atoms with Crippen molar-refractivity contribution in [1.29, 1.82) is 0 Å². The van der Waals surface area contributed by atoms with Crippen LogP contribution in [0.5, 0.6) is 17.2 Å². The number of halogens is 2. The number of rotatable bonds is 7. The lowest BCUT2D eigenvalue weighted by molar-refractivity contribution is 0.159. The number of piperazine rings is 1. The van der Waals surface area contributed by atoms with Crippen molar-refractivity contribution < 1.29 is 18.6 Å². The minimum absolute atomic E-state index is 0.177. The van der Waals surface area contributed by atoms with Crippen LogP contribution in [0.4, 0.5) is 10.1 Å². The van der Waals surface area contributed by atoms with Crippen LogP contribution < -0.4 is 19.1 Å². The van der Waals surface area contributed by atoms with Crippen LogP contribution >= 0.6 is 11.6 Å². The van der Waals surface area contributed by atoms with Crippen LogP contribution in [0.25, 0.3) is 0 Å². The second kappa shape index (κ2) is 10.1. The van der Waals surface area contributed by atoms with Crippen molar-refractivity contribution in [3.05, 3.63) is 82.6 Å². The van der Waals surface area contributed by atoms with Crippen molar-refractivity contribution in [3.63, 3.8) is 0 Å². The van der Waals surface area contributed by atoms with E-state index in [-0.39, 0.29) is 18.7 Å². The highest BCUT2D eigenvalue weighted by Crippen LogP contribution is 2.37. The molecular formula is C27H28ClFN2O3. The third-order valence-electron chi connectivity index (χ3n) is 6.40. The second-order valence-electron chi connectivity index (χ2n) is 8.75. The number of hydrogen-bond donors (Lipinski definition) is 0. The van der Waals surface area contributed by atoms with Gasteiger partial charge in [0.2, 0.25) is 6.79 Å². The molecule has 2 aliphatic heterocycles. The van der Waals surface area contributed by atoms with Gasteiger partial charge in [0.15, 0.2) is 11.5 Å². The van der Waals surface area contributed by atoms with E-state index in [9.17, 15) is 4.39 Å². The number of fused-ring (bicyclic) bond motifs is 1. The Morgan fingerprint density at radius 3 is 2.50 bits per heavy atom. The molecule has 0 spiro atoms. The molecule has 0 aliphatic carbocycles. The summed E-state index contributed by atoms with van der Waals surface area (Å²) in [5.41, 5.74) is 3.20. The van der Waals surface area contributed by atoms with E-state index in [4.69, 9.17) is 25.8 Å². The first-order chi connectivity index (χ1) is 16.5. The van der Waals surface area contributed by atoms with Gasteiger partial charge in [0, 0.05) is 44.8 Å². The zero-order valence-corrected chi connectivity index (χ0v) is 19.9. The fraction of sp³-hybridized carbons (Fsp3) is 0.333. The normalized spacial score (nSPS) is 16.5. The topological polar surface area (TPSA) is 34.2 Å². The maximum Gasteiger partial charge on any atom is 0.231 e. The molecular weight excluding hydrogens is 455 g/mol. The van der Waals surface area contributed by atoms with Gasteiger partial charge in [-0.1, -0.05) is 23.7 Å². The van der Waals surface area contributed by atoms with Gasteiger partial charge in [-0.15, -0.1) is 0 Å². The smallest absolute Gasteiger partial charge is 0.231 e. The molecule has 3 aromatic rings. The molecule has 5 rings (SSSR count). The molecule has 1 fully saturated rings. The number of hydrogen-bond acceptors (Lipinski definition) is 5. The van der Waals surface area contributed by atoms with Gasteiger partial charge in [0.05, 0.1) is 5.02 Å². The Balaban J connectivity index is 1.26. The molecule has 0 saturated carbocycles. The summed E-state index contributed by atoms with van der Waals surface area (Å²) < 4.78 is 30.8. The van der Waals surface area contributed by atoms with E-state index in [0.717, 1.165) is 67.5 Å². The fourth-order valence-corrected chi connectivity index (χ4v) is 4.60. The lowest BCUT2D eigenvalue weighted by atomic mass is 10.0. The maximum absolute atomic E-state index is 13.2. The molecule has 2 aliphatic rings. The van der Waals surface area contributed by atoms with Crippen molar-refractivity contribution >= 4 is 17.3 Å². The SMILES string of the molecule is Cc1ccc(Cl)c(OC(CCN2CCN(c3ccc(F)cc3)CC2)c2ccc3c(c2)OCO3)c1. The predicted octanol–water partition coefficient (Wildman–Crippen LogP) is 5.85. The molecule has 0 amide bonds. The molecule has 0 bridgehead atoms. The highest BCUT2D eigenvalue weighted by atomic mass is 35.5. The summed E-state index contributed by atoms with van der Waals surface area (Å²) in [5.74, 6) is 1.98. The Bertz CT molecular complexity index is 1130. The largest absolute Gasteiger partial charge is 0.484 e. The summed E-state index contributed by atoms with van der Waals surface area (Å²) in [5, 5.41) is 0.601. The van der Waals surface area contributed by atoms with Crippen molar-refractivity contribution in [2.75, 3.05) is 44.4 Å². The first kappa shape index (κ1) is 22.8. The molecule has 0 radical (unpaired) electrons.